The number of hydrogen-bond acceptors (Lipinski definition) is 3. The average molecular weight is 358 g/mol. The molecule has 0 radical (unpaired) electrons. The Hall–Kier alpha value is -3.47. The summed E-state index contributed by atoms with van der Waals surface area (Å²) in [6.45, 7) is 0.803. The second kappa shape index (κ2) is 7.83. The van der Waals surface area contributed by atoms with Gasteiger partial charge in [-0.3, -0.25) is 0 Å². The van der Waals surface area contributed by atoms with Crippen molar-refractivity contribution in [1.29, 1.82) is 0 Å². The third kappa shape index (κ3) is 4.03. The summed E-state index contributed by atoms with van der Waals surface area (Å²) in [4.78, 5) is 4.40. The molecule has 4 rings (SSSR count). The van der Waals surface area contributed by atoms with Gasteiger partial charge in [-0.2, -0.15) is 5.10 Å². The third-order valence-corrected chi connectivity index (χ3v) is 4.33. The van der Waals surface area contributed by atoms with Crippen molar-refractivity contribution >= 4 is 5.82 Å². The van der Waals surface area contributed by atoms with E-state index in [-0.39, 0.29) is 5.82 Å². The lowest BCUT2D eigenvalue weighted by Gasteiger charge is -2.10. The molecular weight excluding hydrogens is 339 g/mol. The summed E-state index contributed by atoms with van der Waals surface area (Å²) < 4.78 is 15.0. The van der Waals surface area contributed by atoms with Crippen LogP contribution in [0, 0.1) is 5.82 Å². The minimum absolute atomic E-state index is 0.263. The van der Waals surface area contributed by atoms with Crippen LogP contribution in [0.25, 0.3) is 16.9 Å². The van der Waals surface area contributed by atoms with E-state index in [9.17, 15) is 4.39 Å². The summed E-state index contributed by atoms with van der Waals surface area (Å²) in [5, 5.41) is 7.75. The molecule has 0 spiro atoms. The highest BCUT2D eigenvalue weighted by Gasteiger charge is 2.09. The fourth-order valence-electron chi connectivity index (χ4n) is 2.98. The van der Waals surface area contributed by atoms with Gasteiger partial charge in [0, 0.05) is 18.3 Å². The monoisotopic (exact) mass is 358 g/mol. The molecule has 0 atom stereocenters. The minimum Gasteiger partial charge on any atom is -0.370 e. The number of halogens is 1. The van der Waals surface area contributed by atoms with Crippen LogP contribution in [0.15, 0.2) is 85.2 Å². The number of anilines is 1. The van der Waals surface area contributed by atoms with Gasteiger partial charge >= 0.3 is 0 Å². The fourth-order valence-corrected chi connectivity index (χ4v) is 2.98. The summed E-state index contributed by atoms with van der Waals surface area (Å²) in [5.41, 5.74) is 4.02. The van der Waals surface area contributed by atoms with E-state index < -0.39 is 0 Å². The molecular formula is C22H19FN4. The predicted octanol–water partition coefficient (Wildman–Crippen LogP) is 4.73. The maximum atomic E-state index is 13.2. The molecule has 27 heavy (non-hydrogen) atoms. The lowest BCUT2D eigenvalue weighted by atomic mass is 10.1. The molecule has 4 nitrogen and oxygen atoms in total. The number of rotatable bonds is 6. The topological polar surface area (TPSA) is 42.7 Å². The van der Waals surface area contributed by atoms with E-state index in [0.717, 1.165) is 35.7 Å². The average Bonchev–Trinajstić information content (AvgIpc) is 3.20. The highest BCUT2D eigenvalue weighted by molar-refractivity contribution is 5.64. The number of nitrogens with zero attached hydrogens (tertiary/aromatic N) is 3. The van der Waals surface area contributed by atoms with Crippen molar-refractivity contribution in [3.8, 4) is 16.9 Å². The number of nitrogens with one attached hydrogen (secondary N) is 1. The lowest BCUT2D eigenvalue weighted by Crippen LogP contribution is -2.06. The molecule has 134 valence electrons. The van der Waals surface area contributed by atoms with Gasteiger partial charge < -0.3 is 5.32 Å². The van der Waals surface area contributed by atoms with Crippen molar-refractivity contribution in [2.24, 2.45) is 0 Å². The lowest BCUT2D eigenvalue weighted by molar-refractivity contribution is 0.627. The Morgan fingerprint density at radius 2 is 1.70 bits per heavy atom. The van der Waals surface area contributed by atoms with Crippen molar-refractivity contribution in [3.05, 3.63) is 96.6 Å². The molecule has 2 aromatic carbocycles. The van der Waals surface area contributed by atoms with E-state index in [1.807, 2.05) is 36.4 Å². The largest absolute Gasteiger partial charge is 0.370 e. The maximum Gasteiger partial charge on any atom is 0.126 e. The second-order valence-corrected chi connectivity index (χ2v) is 6.20. The van der Waals surface area contributed by atoms with Crippen molar-refractivity contribution in [3.63, 3.8) is 0 Å². The molecule has 4 aromatic rings. The van der Waals surface area contributed by atoms with Gasteiger partial charge in [0.05, 0.1) is 17.6 Å². The van der Waals surface area contributed by atoms with Crippen LogP contribution in [-0.4, -0.2) is 21.3 Å². The first-order valence-electron chi connectivity index (χ1n) is 8.84. The zero-order valence-electron chi connectivity index (χ0n) is 14.7. The first-order valence-corrected chi connectivity index (χ1v) is 8.84. The van der Waals surface area contributed by atoms with Crippen molar-refractivity contribution < 1.29 is 4.39 Å². The van der Waals surface area contributed by atoms with Crippen molar-refractivity contribution in [2.75, 3.05) is 11.9 Å². The van der Waals surface area contributed by atoms with Crippen LogP contribution in [0.5, 0.6) is 0 Å². The van der Waals surface area contributed by atoms with Gasteiger partial charge in [-0.1, -0.05) is 30.3 Å². The van der Waals surface area contributed by atoms with Crippen LogP contribution in [0.2, 0.25) is 0 Å². The van der Waals surface area contributed by atoms with Crippen molar-refractivity contribution in [1.82, 2.24) is 14.8 Å². The highest BCUT2D eigenvalue weighted by Crippen LogP contribution is 2.24. The van der Waals surface area contributed by atoms with E-state index in [1.54, 1.807) is 29.2 Å². The molecule has 2 aromatic heterocycles. The zero-order chi connectivity index (χ0) is 18.5. The Labute approximate surface area is 157 Å². The fraction of sp³-hybridized carbons (Fsp3) is 0.0909. The van der Waals surface area contributed by atoms with Gasteiger partial charge in [-0.25, -0.2) is 14.1 Å². The molecule has 0 amide bonds. The zero-order valence-corrected chi connectivity index (χ0v) is 14.7. The Kier molecular flexibility index (Phi) is 4.92. The molecule has 5 heteroatoms. The van der Waals surface area contributed by atoms with Crippen LogP contribution in [0.1, 0.15) is 5.56 Å². The molecule has 0 saturated heterocycles. The van der Waals surface area contributed by atoms with Gasteiger partial charge in [0.25, 0.3) is 0 Å². The highest BCUT2D eigenvalue weighted by atomic mass is 19.1. The molecule has 0 aliphatic heterocycles. The molecule has 0 unspecified atom stereocenters. The minimum atomic E-state index is -0.263. The summed E-state index contributed by atoms with van der Waals surface area (Å²) in [7, 11) is 0. The maximum absolute atomic E-state index is 13.2. The second-order valence-electron chi connectivity index (χ2n) is 6.20. The van der Waals surface area contributed by atoms with Gasteiger partial charge in [-0.15, -0.1) is 0 Å². The molecule has 1 N–H and O–H groups in total. The summed E-state index contributed by atoms with van der Waals surface area (Å²) in [6, 6.07) is 22.5. The van der Waals surface area contributed by atoms with E-state index in [4.69, 9.17) is 0 Å². The van der Waals surface area contributed by atoms with Crippen LogP contribution in [-0.2, 0) is 6.42 Å². The van der Waals surface area contributed by atoms with E-state index in [2.05, 4.69) is 27.5 Å². The molecule has 0 aliphatic carbocycles. The number of pyridine rings is 1. The molecule has 2 heterocycles. The van der Waals surface area contributed by atoms with Crippen LogP contribution in [0.4, 0.5) is 10.2 Å². The SMILES string of the molecule is Fc1ccc(-n2nccc2-c2ccnc(NCCc3ccccc3)c2)cc1. The van der Waals surface area contributed by atoms with E-state index in [0.29, 0.717) is 0 Å². The number of aromatic nitrogens is 3. The van der Waals surface area contributed by atoms with Crippen LogP contribution >= 0.6 is 0 Å². The van der Waals surface area contributed by atoms with Gasteiger partial charge in [0.1, 0.15) is 11.6 Å². The van der Waals surface area contributed by atoms with Crippen LogP contribution in [0.3, 0.4) is 0 Å². The van der Waals surface area contributed by atoms with Crippen LogP contribution < -0.4 is 5.32 Å². The summed E-state index contributed by atoms with van der Waals surface area (Å²) in [6.07, 6.45) is 4.45. The molecule has 0 fully saturated rings. The number of hydrogen-bond donors (Lipinski definition) is 1. The Bertz CT molecular complexity index is 1010. The first-order chi connectivity index (χ1) is 13.3. The Morgan fingerprint density at radius 3 is 2.52 bits per heavy atom. The Morgan fingerprint density at radius 1 is 0.889 bits per heavy atom. The molecule has 0 saturated carbocycles. The smallest absolute Gasteiger partial charge is 0.126 e. The van der Waals surface area contributed by atoms with E-state index in [1.165, 1.54) is 17.7 Å². The normalized spacial score (nSPS) is 10.7. The molecule has 0 bridgehead atoms. The van der Waals surface area contributed by atoms with Gasteiger partial charge in [0.15, 0.2) is 0 Å². The van der Waals surface area contributed by atoms with Gasteiger partial charge in [-0.05, 0) is 54.4 Å². The third-order valence-electron chi connectivity index (χ3n) is 4.33. The summed E-state index contributed by atoms with van der Waals surface area (Å²) >= 11 is 0. The predicted molar refractivity (Wildman–Crippen MR) is 105 cm³/mol. The van der Waals surface area contributed by atoms with E-state index >= 15 is 0 Å². The standard InChI is InChI=1S/C22H19FN4/c23-19-6-8-20(9-7-19)27-21(12-15-26-27)18-11-14-25-22(16-18)24-13-10-17-4-2-1-3-5-17/h1-9,11-12,14-16H,10,13H2,(H,24,25). The first kappa shape index (κ1) is 17.0. The van der Waals surface area contributed by atoms with Crippen molar-refractivity contribution in [2.45, 2.75) is 6.42 Å². The number of benzene rings is 2. The van der Waals surface area contributed by atoms with Gasteiger partial charge in [0.2, 0.25) is 0 Å². The molecule has 0 aliphatic rings. The quantitative estimate of drug-likeness (QED) is 0.542. The summed E-state index contributed by atoms with van der Waals surface area (Å²) in [5.74, 6) is 0.552. The Balaban J connectivity index is 1.51.